The minimum absolute atomic E-state index is 0.526. The lowest BCUT2D eigenvalue weighted by Crippen LogP contribution is -2.88. The smallest absolute Gasteiger partial charge is 0.339 e. The van der Waals surface area contributed by atoms with Gasteiger partial charge in [-0.25, -0.2) is 9.69 Å². The Balaban J connectivity index is 11.0. The summed E-state index contributed by atoms with van der Waals surface area (Å²) < 4.78 is 0. The maximum Gasteiger partial charge on any atom is 0.339 e. The number of amides is 5. The number of Topliss-reactive ketones (excluding diaryl/α,β-unsaturated/α-hetero) is 5. The first kappa shape index (κ1) is 50.4. The van der Waals surface area contributed by atoms with Crippen LogP contribution in [0.3, 0.4) is 0 Å². The van der Waals surface area contributed by atoms with E-state index in [-0.39, 0.29) is 0 Å². The van der Waals surface area contributed by atoms with Crippen LogP contribution in [0.4, 0.5) is 0 Å². The summed E-state index contributed by atoms with van der Waals surface area (Å²) in [6.45, 7) is 7.16. The summed E-state index contributed by atoms with van der Waals surface area (Å²) in [4.78, 5) is 161. The van der Waals surface area contributed by atoms with Gasteiger partial charge in [-0.15, -0.1) is 0 Å². The fraction of sp³-hybridized carbons (Fsp3) is 0.656. The van der Waals surface area contributed by atoms with Crippen LogP contribution < -0.4 is 51.6 Å². The average Bonchev–Trinajstić information content (AvgIpc) is 3.06. The summed E-state index contributed by atoms with van der Waals surface area (Å²) in [5.74, 6) is -23.9. The molecule has 0 aromatic carbocycles. The SMILES string of the molecule is C[C@H](N)C(=O)N(C(=O)[C@H](C)N)C(=O)C(C(=O)[C@H](C)N)(C(=O)[C@H](C)N)C(C(=O)[C@H](C)N)(C(=O)[C@H](C)N)[C@](C(=O)O)(C(=O)[C@H](C)N)N(C(=O)[C@H](C)N)C(=O)[C@H](C)N. The quantitative estimate of drug-likeness (QED) is 0.0544. The van der Waals surface area contributed by atoms with Crippen LogP contribution >= 0.6 is 0 Å². The van der Waals surface area contributed by atoms with Crippen molar-refractivity contribution in [3.63, 3.8) is 0 Å². The van der Waals surface area contributed by atoms with Crippen LogP contribution in [0.5, 0.6) is 0 Å². The van der Waals surface area contributed by atoms with Gasteiger partial charge in [-0.2, -0.15) is 0 Å². The van der Waals surface area contributed by atoms with Crippen molar-refractivity contribution >= 4 is 64.4 Å². The van der Waals surface area contributed by atoms with Gasteiger partial charge < -0.3 is 56.7 Å². The highest BCUT2D eigenvalue weighted by atomic mass is 16.4. The molecule has 0 aliphatic rings. The Bertz CT molecular complexity index is 1540. The monoisotopic (exact) mass is 785 g/mol. The molecule has 0 saturated carbocycles. The van der Waals surface area contributed by atoms with E-state index in [2.05, 4.69) is 0 Å². The Hall–Kier alpha value is -4.59. The Morgan fingerprint density at radius 3 is 0.855 bits per heavy atom. The van der Waals surface area contributed by atoms with Crippen molar-refractivity contribution in [1.82, 2.24) is 9.80 Å². The number of carbonyl (C=O) groups excluding carboxylic acids is 10. The van der Waals surface area contributed by atoms with E-state index in [0.717, 1.165) is 62.3 Å². The molecule has 0 spiro atoms. The van der Waals surface area contributed by atoms with Gasteiger partial charge in [0.25, 0.3) is 17.7 Å². The van der Waals surface area contributed by atoms with E-state index < -0.39 is 145 Å². The summed E-state index contributed by atoms with van der Waals surface area (Å²) in [7, 11) is 0. The van der Waals surface area contributed by atoms with Crippen molar-refractivity contribution in [3.8, 4) is 0 Å². The van der Waals surface area contributed by atoms with Crippen LogP contribution in [0, 0.1) is 10.8 Å². The van der Waals surface area contributed by atoms with Gasteiger partial charge in [-0.3, -0.25) is 52.8 Å². The summed E-state index contributed by atoms with van der Waals surface area (Å²) in [5, 5.41) is 11.5. The zero-order valence-corrected chi connectivity index (χ0v) is 32.2. The van der Waals surface area contributed by atoms with Crippen LogP contribution in [0.2, 0.25) is 0 Å². The number of aliphatic carboxylic acids is 1. The fourth-order valence-electron chi connectivity index (χ4n) is 6.23. The summed E-state index contributed by atoms with van der Waals surface area (Å²) in [6.07, 6.45) is 0. The van der Waals surface area contributed by atoms with Crippen LogP contribution in [-0.2, 0) is 52.7 Å². The molecule has 23 heteroatoms. The van der Waals surface area contributed by atoms with Crippen molar-refractivity contribution in [2.45, 2.75) is 122 Å². The van der Waals surface area contributed by atoms with Gasteiger partial charge in [0.1, 0.15) is 0 Å². The second-order valence-electron chi connectivity index (χ2n) is 13.8. The van der Waals surface area contributed by atoms with Gasteiger partial charge in [0.15, 0.2) is 39.7 Å². The Morgan fingerprint density at radius 1 is 0.400 bits per heavy atom. The number of carbonyl (C=O) groups is 11. The highest BCUT2D eigenvalue weighted by Crippen LogP contribution is 2.57. The van der Waals surface area contributed by atoms with Gasteiger partial charge in [0.2, 0.25) is 17.4 Å². The summed E-state index contributed by atoms with van der Waals surface area (Å²) in [6, 6.07) is -19.8. The average molecular weight is 786 g/mol. The molecule has 0 bridgehead atoms. The second-order valence-corrected chi connectivity index (χ2v) is 13.8. The predicted molar refractivity (Wildman–Crippen MR) is 192 cm³/mol. The van der Waals surface area contributed by atoms with Gasteiger partial charge >= 0.3 is 5.97 Å². The first-order valence-corrected chi connectivity index (χ1v) is 16.9. The van der Waals surface area contributed by atoms with Crippen LogP contribution in [-0.4, -0.2) is 139 Å². The third-order valence-electron chi connectivity index (χ3n) is 8.62. The number of ketones is 5. The van der Waals surface area contributed by atoms with E-state index in [1.165, 1.54) is 0 Å². The predicted octanol–water partition coefficient (Wildman–Crippen LogP) is -7.01. The van der Waals surface area contributed by atoms with E-state index in [9.17, 15) is 29.1 Å². The molecule has 0 rings (SSSR count). The maximum absolute atomic E-state index is 15.6. The standard InChI is InChI=1S/C32H55N11O12/c1-10(33)19(44)30(20(45)11(2)34,28(53)42(24(49)15(6)38)25(50)16(7)39)31(21(46)12(3)35,22(47)13(4)36)32(29(54)55,23(48)14(5)37)43(26(51)17(8)40)27(52)18(9)41/h10-18H,33-41H2,1-9H3,(H,54,55)/t10-,11-,12-,13-,14-,15-,16-,17-,18-,32+/m0/s1. The van der Waals surface area contributed by atoms with Crippen molar-refractivity contribution in [1.29, 1.82) is 0 Å². The summed E-state index contributed by atoms with van der Waals surface area (Å²) >= 11 is 0. The molecular formula is C32H55N11O12. The molecule has 19 N–H and O–H groups in total. The van der Waals surface area contributed by atoms with Crippen molar-refractivity contribution in [2.24, 2.45) is 62.4 Å². The van der Waals surface area contributed by atoms with E-state index in [1.54, 1.807) is 0 Å². The fourth-order valence-corrected chi connectivity index (χ4v) is 6.23. The molecule has 0 fully saturated rings. The Labute approximate surface area is 316 Å². The van der Waals surface area contributed by atoms with Crippen LogP contribution in [0.25, 0.3) is 0 Å². The van der Waals surface area contributed by atoms with E-state index in [1.807, 2.05) is 0 Å². The van der Waals surface area contributed by atoms with E-state index in [4.69, 9.17) is 51.6 Å². The number of nitrogens with two attached hydrogens (primary N) is 9. The van der Waals surface area contributed by atoms with Crippen molar-refractivity contribution in [3.05, 3.63) is 0 Å². The lowest BCUT2D eigenvalue weighted by molar-refractivity contribution is -0.202. The Kier molecular flexibility index (Phi) is 16.8. The first-order chi connectivity index (χ1) is 24.8. The van der Waals surface area contributed by atoms with E-state index in [0.29, 0.717) is 0 Å². The normalized spacial score (nSPS) is 18.0. The first-order valence-electron chi connectivity index (χ1n) is 16.9. The molecule has 0 radical (unpaired) electrons. The number of hydrogen-bond donors (Lipinski definition) is 10. The zero-order valence-electron chi connectivity index (χ0n) is 32.2. The molecule has 0 aliphatic carbocycles. The Morgan fingerprint density at radius 2 is 0.655 bits per heavy atom. The third kappa shape index (κ3) is 8.06. The molecule has 23 nitrogen and oxygen atoms in total. The molecule has 0 aromatic heterocycles. The largest absolute Gasteiger partial charge is 0.479 e. The van der Waals surface area contributed by atoms with Gasteiger partial charge in [-0.05, 0) is 62.3 Å². The molecule has 55 heavy (non-hydrogen) atoms. The number of imide groups is 4. The molecule has 0 heterocycles. The molecule has 0 saturated heterocycles. The lowest BCUT2D eigenvalue weighted by Gasteiger charge is -2.57. The molecule has 310 valence electrons. The molecule has 0 aromatic rings. The highest BCUT2D eigenvalue weighted by molar-refractivity contribution is 6.41. The number of nitrogens with zero attached hydrogens (tertiary/aromatic N) is 2. The molecule has 10 atom stereocenters. The summed E-state index contributed by atoms with van der Waals surface area (Å²) in [5.41, 5.74) is 39.0. The van der Waals surface area contributed by atoms with Gasteiger partial charge in [0.05, 0.1) is 54.4 Å². The lowest BCUT2D eigenvalue weighted by atomic mass is 9.42. The zero-order chi connectivity index (χ0) is 44.2. The van der Waals surface area contributed by atoms with Gasteiger partial charge in [0, 0.05) is 0 Å². The molecular weight excluding hydrogens is 730 g/mol. The highest BCUT2D eigenvalue weighted by Gasteiger charge is 2.87. The second kappa shape index (κ2) is 18.4. The minimum atomic E-state index is -4.80. The molecule has 0 aliphatic heterocycles. The van der Waals surface area contributed by atoms with Crippen LogP contribution in [0.15, 0.2) is 0 Å². The number of carboxylic acid groups (broad SMARTS) is 1. The number of hydrogen-bond acceptors (Lipinski definition) is 20. The molecule has 5 amide bonds. The minimum Gasteiger partial charge on any atom is -0.479 e. The number of carboxylic acids is 1. The topological polar surface area (TPSA) is 449 Å². The maximum atomic E-state index is 15.6. The van der Waals surface area contributed by atoms with Crippen molar-refractivity contribution in [2.75, 3.05) is 0 Å². The van der Waals surface area contributed by atoms with Gasteiger partial charge in [-0.1, -0.05) is 0 Å². The van der Waals surface area contributed by atoms with E-state index >= 15 is 28.8 Å². The van der Waals surface area contributed by atoms with Crippen LogP contribution in [0.1, 0.15) is 62.3 Å². The number of rotatable bonds is 19. The molecule has 0 unspecified atom stereocenters. The third-order valence-corrected chi connectivity index (χ3v) is 8.62. The van der Waals surface area contributed by atoms with Crippen molar-refractivity contribution < 1.29 is 57.8 Å².